The van der Waals surface area contributed by atoms with Crippen molar-refractivity contribution in [1.29, 1.82) is 0 Å². The van der Waals surface area contributed by atoms with Crippen LogP contribution in [0, 0.1) is 0 Å². The summed E-state index contributed by atoms with van der Waals surface area (Å²) in [7, 11) is -5.95. The molecule has 0 radical (unpaired) electrons. The van der Waals surface area contributed by atoms with Crippen LogP contribution >= 0.6 is 0 Å². The summed E-state index contributed by atoms with van der Waals surface area (Å²) in [5.74, 6) is -7.92. The first kappa shape index (κ1) is 26.2. The second-order valence-corrected chi connectivity index (χ2v) is 7.02. The molecule has 0 aromatic carbocycles. The molecule has 0 fully saturated rings. The lowest BCUT2D eigenvalue weighted by Crippen LogP contribution is -2.62. The molecule has 0 aromatic heterocycles. The minimum atomic E-state index is -5.95. The smallest absolute Gasteiger partial charge is 0.412 e. The molecule has 0 saturated carbocycles. The van der Waals surface area contributed by atoms with Crippen LogP contribution in [-0.2, 0) is 29.2 Å². The number of carbonyl (C=O) groups excluding carboxylic acids is 2. The fourth-order valence-corrected chi connectivity index (χ4v) is 2.12. The Morgan fingerprint density at radius 3 is 1.89 bits per heavy atom. The van der Waals surface area contributed by atoms with Crippen molar-refractivity contribution in [2.75, 3.05) is 19.7 Å². The normalized spacial score (nSPS) is 14.9. The van der Waals surface area contributed by atoms with Crippen LogP contribution in [0.2, 0.25) is 0 Å². The third-order valence-electron chi connectivity index (χ3n) is 3.37. The predicted molar refractivity (Wildman–Crippen MR) is 84.7 cm³/mol. The Morgan fingerprint density at radius 2 is 1.57 bits per heavy atom. The lowest BCUT2D eigenvalue weighted by Gasteiger charge is -2.36. The van der Waals surface area contributed by atoms with E-state index >= 15 is 0 Å². The maximum absolute atomic E-state index is 13.7. The maximum Gasteiger partial charge on any atom is 0.466 e. The van der Waals surface area contributed by atoms with Gasteiger partial charge in [0, 0.05) is 18.7 Å². The highest BCUT2D eigenvalue weighted by Gasteiger charge is 2.67. The summed E-state index contributed by atoms with van der Waals surface area (Å²) in [6.07, 6.45) is -7.66. The van der Waals surface area contributed by atoms with E-state index in [2.05, 4.69) is 16.1 Å². The Bertz CT molecular complexity index is 703. The molecule has 164 valence electrons. The molecule has 0 heterocycles. The molecule has 0 bridgehead atoms. The second-order valence-electron chi connectivity index (χ2n) is 5.47. The highest BCUT2D eigenvalue weighted by molar-refractivity contribution is 7.86. The molecule has 8 nitrogen and oxygen atoms in total. The van der Waals surface area contributed by atoms with E-state index in [0.29, 0.717) is 4.90 Å². The average molecular weight is 441 g/mol. The van der Waals surface area contributed by atoms with Crippen molar-refractivity contribution in [2.24, 2.45) is 0 Å². The summed E-state index contributed by atoms with van der Waals surface area (Å²) in [6, 6.07) is 0. The zero-order chi connectivity index (χ0) is 22.6. The molecule has 0 aliphatic rings. The van der Waals surface area contributed by atoms with Gasteiger partial charge in [-0.15, -0.1) is 0 Å². The van der Waals surface area contributed by atoms with E-state index in [0.717, 1.165) is 6.92 Å². The summed E-state index contributed by atoms with van der Waals surface area (Å²) in [5.41, 5.74) is -0.548. The van der Waals surface area contributed by atoms with Crippen LogP contribution in [0.15, 0.2) is 12.2 Å². The molecule has 0 aromatic rings. The molecule has 1 atom stereocenters. The summed E-state index contributed by atoms with van der Waals surface area (Å²) in [5, 5.41) is -4.86. The number of esters is 1. The van der Waals surface area contributed by atoms with Crippen LogP contribution in [0.3, 0.4) is 0 Å². The zero-order valence-electron chi connectivity index (χ0n) is 15.2. The standard InChI is InChI=1S/C14H20F5NO7S/c1-5-20(6-2)11(22)13(14(17,18)19,27-10(21)9(3)4)26-8-7-12(15,16)28(23,24)25/h3,5-8H2,1-2,4H3,(H,23,24,25). The summed E-state index contributed by atoms with van der Waals surface area (Å²) in [6.45, 7) is 4.38. The number of carbonyl (C=O) groups is 2. The van der Waals surface area contributed by atoms with Crippen LogP contribution < -0.4 is 0 Å². The van der Waals surface area contributed by atoms with E-state index < -0.39 is 57.8 Å². The van der Waals surface area contributed by atoms with Gasteiger partial charge >= 0.3 is 39.2 Å². The topological polar surface area (TPSA) is 110 Å². The molecule has 14 heteroatoms. The van der Waals surface area contributed by atoms with Crippen molar-refractivity contribution in [3.8, 4) is 0 Å². The Kier molecular flexibility index (Phi) is 8.55. The largest absolute Gasteiger partial charge is 0.466 e. The third kappa shape index (κ3) is 5.85. The van der Waals surface area contributed by atoms with Gasteiger partial charge in [0.25, 0.3) is 0 Å². The van der Waals surface area contributed by atoms with Gasteiger partial charge in [-0.25, -0.2) is 4.79 Å². The average Bonchev–Trinajstić information content (AvgIpc) is 2.52. The Morgan fingerprint density at radius 1 is 1.11 bits per heavy atom. The Balaban J connectivity index is 6.09. The van der Waals surface area contributed by atoms with E-state index in [1.54, 1.807) is 0 Å². The van der Waals surface area contributed by atoms with Gasteiger partial charge < -0.3 is 14.4 Å². The number of rotatable bonds is 10. The van der Waals surface area contributed by atoms with Crippen LogP contribution in [-0.4, -0.2) is 66.7 Å². The molecule has 28 heavy (non-hydrogen) atoms. The predicted octanol–water partition coefficient (Wildman–Crippen LogP) is 2.12. The van der Waals surface area contributed by atoms with Crippen molar-refractivity contribution in [2.45, 2.75) is 44.4 Å². The number of ether oxygens (including phenoxy) is 2. The zero-order valence-corrected chi connectivity index (χ0v) is 16.0. The molecule has 0 saturated heterocycles. The van der Waals surface area contributed by atoms with E-state index in [-0.39, 0.29) is 13.1 Å². The molecule has 0 aliphatic heterocycles. The van der Waals surface area contributed by atoms with Crippen LogP contribution in [0.4, 0.5) is 22.0 Å². The van der Waals surface area contributed by atoms with Gasteiger partial charge in [0.05, 0.1) is 13.0 Å². The van der Waals surface area contributed by atoms with Crippen molar-refractivity contribution in [1.82, 2.24) is 4.90 Å². The van der Waals surface area contributed by atoms with Gasteiger partial charge in [-0.1, -0.05) is 6.58 Å². The number of amides is 1. The van der Waals surface area contributed by atoms with Crippen LogP contribution in [0.1, 0.15) is 27.2 Å². The number of nitrogens with zero attached hydrogens (tertiary/aromatic N) is 1. The Labute approximate surface area is 158 Å². The lowest BCUT2D eigenvalue weighted by atomic mass is 10.2. The van der Waals surface area contributed by atoms with Crippen molar-refractivity contribution < 1.29 is 54.0 Å². The van der Waals surface area contributed by atoms with Crippen LogP contribution in [0.5, 0.6) is 0 Å². The SMILES string of the molecule is C=C(C)C(=O)OC(OCCC(F)(F)S(=O)(=O)O)(C(=O)N(CC)CC)C(F)(F)F. The fourth-order valence-electron chi connectivity index (χ4n) is 1.77. The maximum atomic E-state index is 13.7. The molecule has 1 amide bonds. The van der Waals surface area contributed by atoms with Crippen LogP contribution in [0.25, 0.3) is 0 Å². The minimum Gasteiger partial charge on any atom is -0.412 e. The van der Waals surface area contributed by atoms with Gasteiger partial charge in [-0.3, -0.25) is 9.35 Å². The van der Waals surface area contributed by atoms with Gasteiger partial charge in [-0.2, -0.15) is 30.4 Å². The van der Waals surface area contributed by atoms with E-state index in [1.165, 1.54) is 13.8 Å². The number of hydrogen-bond donors (Lipinski definition) is 1. The highest BCUT2D eigenvalue weighted by Crippen LogP contribution is 2.38. The fraction of sp³-hybridized carbons (Fsp3) is 0.714. The van der Waals surface area contributed by atoms with Gasteiger partial charge in [0.15, 0.2) is 0 Å². The van der Waals surface area contributed by atoms with Gasteiger partial charge in [0.1, 0.15) is 0 Å². The number of alkyl halides is 5. The molecule has 1 unspecified atom stereocenters. The first-order valence-electron chi connectivity index (χ1n) is 7.70. The molecule has 0 spiro atoms. The van der Waals surface area contributed by atoms with Crippen molar-refractivity contribution in [3.63, 3.8) is 0 Å². The minimum absolute atomic E-state index is 0.275. The molecular formula is C14H20F5NO7S. The first-order chi connectivity index (χ1) is 12.5. The van der Waals surface area contributed by atoms with Gasteiger partial charge in [0.2, 0.25) is 0 Å². The summed E-state index contributed by atoms with van der Waals surface area (Å²) < 4.78 is 106. The van der Waals surface area contributed by atoms with E-state index in [4.69, 9.17) is 4.55 Å². The van der Waals surface area contributed by atoms with E-state index in [9.17, 15) is 40.0 Å². The molecule has 1 N–H and O–H groups in total. The van der Waals surface area contributed by atoms with Gasteiger partial charge in [-0.05, 0) is 20.8 Å². The monoisotopic (exact) mass is 441 g/mol. The highest BCUT2D eigenvalue weighted by atomic mass is 32.2. The van der Waals surface area contributed by atoms with E-state index in [1.807, 2.05) is 0 Å². The Hall–Kier alpha value is -1.80. The molecule has 0 rings (SSSR count). The molecular weight excluding hydrogens is 421 g/mol. The summed E-state index contributed by atoms with van der Waals surface area (Å²) in [4.78, 5) is 24.6. The number of hydrogen-bond acceptors (Lipinski definition) is 6. The summed E-state index contributed by atoms with van der Waals surface area (Å²) >= 11 is 0. The number of likely N-dealkylation sites (N-methyl/N-ethyl adjacent to an activating group) is 1. The quantitative estimate of drug-likeness (QED) is 0.182. The second kappa shape index (κ2) is 9.13. The number of halogens is 5. The first-order valence-corrected chi connectivity index (χ1v) is 9.14. The van der Waals surface area contributed by atoms with Crippen molar-refractivity contribution >= 4 is 22.0 Å². The van der Waals surface area contributed by atoms with Crippen molar-refractivity contribution in [3.05, 3.63) is 12.2 Å². The molecule has 0 aliphatic carbocycles. The lowest BCUT2D eigenvalue weighted by molar-refractivity contribution is -0.351. The third-order valence-corrected chi connectivity index (χ3v) is 4.33.